The molecule has 1 unspecified atom stereocenters. The number of halogens is 1. The zero-order valence-corrected chi connectivity index (χ0v) is 11.7. The van der Waals surface area contributed by atoms with Gasteiger partial charge in [0.05, 0.1) is 9.95 Å². The number of nitrogens with two attached hydrogens (primary N) is 1. The van der Waals surface area contributed by atoms with Crippen molar-refractivity contribution in [3.8, 4) is 11.4 Å². The summed E-state index contributed by atoms with van der Waals surface area (Å²) in [6.07, 6.45) is 0.871. The third kappa shape index (κ3) is 2.55. The van der Waals surface area contributed by atoms with E-state index in [-0.39, 0.29) is 28.1 Å². The van der Waals surface area contributed by atoms with E-state index in [1.807, 2.05) is 4.90 Å². The molecule has 0 spiro atoms. The van der Waals surface area contributed by atoms with Crippen molar-refractivity contribution in [1.29, 1.82) is 0 Å². The van der Waals surface area contributed by atoms with Gasteiger partial charge in [-0.2, -0.15) is 4.98 Å². The minimum absolute atomic E-state index is 0.0987. The van der Waals surface area contributed by atoms with Crippen LogP contribution in [-0.2, 0) is 0 Å². The molecule has 2 heterocycles. The minimum atomic E-state index is -0.491. The number of nitrogens with one attached hydrogen (secondary N) is 1. The summed E-state index contributed by atoms with van der Waals surface area (Å²) < 4.78 is 0. The van der Waals surface area contributed by atoms with Crippen molar-refractivity contribution < 1.29 is 4.92 Å². The first kappa shape index (κ1) is 13.8. The van der Waals surface area contributed by atoms with Crippen molar-refractivity contribution in [3.63, 3.8) is 0 Å². The van der Waals surface area contributed by atoms with Crippen LogP contribution < -0.4 is 10.6 Å². The van der Waals surface area contributed by atoms with E-state index < -0.39 is 4.92 Å². The van der Waals surface area contributed by atoms with E-state index in [2.05, 4.69) is 15.2 Å². The summed E-state index contributed by atoms with van der Waals surface area (Å²) in [5.74, 6) is 0.759. The summed E-state index contributed by atoms with van der Waals surface area (Å²) in [4.78, 5) is 16.9. The molecular weight excluding hydrogens is 296 g/mol. The Bertz CT molecular complexity index is 688. The van der Waals surface area contributed by atoms with Crippen LogP contribution in [0.15, 0.2) is 18.2 Å². The highest BCUT2D eigenvalue weighted by Gasteiger charge is 2.25. The normalized spacial score (nSPS) is 18.2. The van der Waals surface area contributed by atoms with Crippen molar-refractivity contribution >= 4 is 23.2 Å². The maximum atomic E-state index is 11.1. The van der Waals surface area contributed by atoms with Gasteiger partial charge in [-0.05, 0) is 12.5 Å². The monoisotopic (exact) mass is 308 g/mol. The summed E-state index contributed by atoms with van der Waals surface area (Å²) in [6.45, 7) is 1.44. The fraction of sp³-hybridized carbons (Fsp3) is 0.333. The molecule has 1 aromatic carbocycles. The Hall–Kier alpha value is -2.19. The number of nitro benzene ring substituents is 1. The van der Waals surface area contributed by atoms with Gasteiger partial charge >= 0.3 is 0 Å². The van der Waals surface area contributed by atoms with Crippen LogP contribution in [0.3, 0.4) is 0 Å². The first-order valence-electron chi connectivity index (χ1n) is 6.42. The molecule has 3 N–H and O–H groups in total. The second-order valence-electron chi connectivity index (χ2n) is 4.87. The van der Waals surface area contributed by atoms with Crippen LogP contribution in [-0.4, -0.2) is 39.2 Å². The molecule has 1 aromatic heterocycles. The summed E-state index contributed by atoms with van der Waals surface area (Å²) in [5, 5.41) is 18.2. The van der Waals surface area contributed by atoms with Crippen LogP contribution in [0, 0.1) is 10.1 Å². The number of H-pyrrole nitrogens is 1. The molecule has 1 saturated heterocycles. The topological polar surface area (TPSA) is 114 Å². The zero-order chi connectivity index (χ0) is 15.0. The average Bonchev–Trinajstić information content (AvgIpc) is 3.07. The molecule has 0 bridgehead atoms. The Morgan fingerprint density at radius 1 is 1.52 bits per heavy atom. The SMILES string of the molecule is NC1CCN(c2n[nH]c(-c3c(Cl)cccc3[N+](=O)[O-])n2)C1. The first-order chi connectivity index (χ1) is 10.1. The number of hydrogen-bond acceptors (Lipinski definition) is 6. The largest absolute Gasteiger partial charge is 0.338 e. The van der Waals surface area contributed by atoms with E-state index in [4.69, 9.17) is 17.3 Å². The molecule has 9 heteroatoms. The standard InChI is InChI=1S/C12H13ClN6O2/c13-8-2-1-3-9(19(20)21)10(8)11-15-12(17-16-11)18-5-4-7(14)6-18/h1-3,7H,4-6,14H2,(H,15,16,17). The van der Waals surface area contributed by atoms with E-state index in [1.165, 1.54) is 12.1 Å². The predicted octanol–water partition coefficient (Wildman–Crippen LogP) is 1.57. The van der Waals surface area contributed by atoms with Gasteiger partial charge in [-0.25, -0.2) is 0 Å². The molecule has 2 aromatic rings. The highest BCUT2D eigenvalue weighted by Crippen LogP contribution is 2.34. The Morgan fingerprint density at radius 2 is 2.33 bits per heavy atom. The molecule has 8 nitrogen and oxygen atoms in total. The lowest BCUT2D eigenvalue weighted by Gasteiger charge is -2.11. The Morgan fingerprint density at radius 3 is 3.00 bits per heavy atom. The molecular formula is C12H13ClN6O2. The lowest BCUT2D eigenvalue weighted by molar-refractivity contribution is -0.384. The number of nitrogens with zero attached hydrogens (tertiary/aromatic N) is 4. The van der Waals surface area contributed by atoms with Gasteiger partial charge in [-0.1, -0.05) is 17.7 Å². The third-order valence-corrected chi connectivity index (χ3v) is 3.72. The van der Waals surface area contributed by atoms with E-state index in [0.717, 1.165) is 13.0 Å². The zero-order valence-electron chi connectivity index (χ0n) is 11.0. The van der Waals surface area contributed by atoms with Crippen molar-refractivity contribution in [2.24, 2.45) is 5.73 Å². The smallest absolute Gasteiger partial charge is 0.281 e. The molecule has 1 atom stereocenters. The number of nitro groups is 1. The molecule has 1 aliphatic rings. The number of aromatic nitrogens is 3. The van der Waals surface area contributed by atoms with Gasteiger partial charge in [-0.3, -0.25) is 15.2 Å². The fourth-order valence-corrected chi connectivity index (χ4v) is 2.63. The summed E-state index contributed by atoms with van der Waals surface area (Å²) in [7, 11) is 0. The van der Waals surface area contributed by atoms with Gasteiger partial charge in [0.25, 0.3) is 5.69 Å². The highest BCUT2D eigenvalue weighted by atomic mass is 35.5. The second kappa shape index (κ2) is 5.30. The number of aromatic amines is 1. The van der Waals surface area contributed by atoms with Crippen molar-refractivity contribution in [1.82, 2.24) is 15.2 Å². The average molecular weight is 309 g/mol. The molecule has 0 amide bonds. The van der Waals surface area contributed by atoms with Crippen LogP contribution >= 0.6 is 11.6 Å². The number of benzene rings is 1. The van der Waals surface area contributed by atoms with Gasteiger partial charge in [0.1, 0.15) is 5.56 Å². The predicted molar refractivity (Wildman–Crippen MR) is 78.3 cm³/mol. The molecule has 1 fully saturated rings. The minimum Gasteiger partial charge on any atom is -0.338 e. The number of hydrogen-bond donors (Lipinski definition) is 2. The van der Waals surface area contributed by atoms with Crippen molar-refractivity contribution in [2.75, 3.05) is 18.0 Å². The third-order valence-electron chi connectivity index (χ3n) is 3.41. The second-order valence-corrected chi connectivity index (χ2v) is 5.28. The summed E-state index contributed by atoms with van der Waals surface area (Å²) in [6, 6.07) is 4.59. The molecule has 1 aliphatic heterocycles. The summed E-state index contributed by atoms with van der Waals surface area (Å²) in [5.41, 5.74) is 5.98. The van der Waals surface area contributed by atoms with Crippen molar-refractivity contribution in [3.05, 3.63) is 33.3 Å². The Labute approximate surface area is 125 Å². The van der Waals surface area contributed by atoms with Gasteiger partial charge < -0.3 is 10.6 Å². The molecule has 0 radical (unpaired) electrons. The maximum Gasteiger partial charge on any atom is 0.281 e. The lowest BCUT2D eigenvalue weighted by Crippen LogP contribution is -2.26. The molecule has 110 valence electrons. The lowest BCUT2D eigenvalue weighted by atomic mass is 10.1. The highest BCUT2D eigenvalue weighted by molar-refractivity contribution is 6.33. The van der Waals surface area contributed by atoms with Gasteiger partial charge in [-0.15, -0.1) is 5.10 Å². The van der Waals surface area contributed by atoms with E-state index >= 15 is 0 Å². The van der Waals surface area contributed by atoms with Crippen LogP contribution in [0.5, 0.6) is 0 Å². The van der Waals surface area contributed by atoms with Gasteiger partial charge in [0.2, 0.25) is 5.95 Å². The quantitative estimate of drug-likeness (QED) is 0.657. The van der Waals surface area contributed by atoms with Crippen LogP contribution in [0.4, 0.5) is 11.6 Å². The molecule has 21 heavy (non-hydrogen) atoms. The van der Waals surface area contributed by atoms with Gasteiger partial charge in [0.15, 0.2) is 5.82 Å². The Balaban J connectivity index is 1.99. The number of anilines is 1. The van der Waals surface area contributed by atoms with Crippen molar-refractivity contribution in [2.45, 2.75) is 12.5 Å². The molecule has 0 saturated carbocycles. The molecule has 0 aliphatic carbocycles. The van der Waals surface area contributed by atoms with Crippen LogP contribution in [0.1, 0.15) is 6.42 Å². The van der Waals surface area contributed by atoms with E-state index in [1.54, 1.807) is 6.07 Å². The maximum absolute atomic E-state index is 11.1. The van der Waals surface area contributed by atoms with Crippen LogP contribution in [0.2, 0.25) is 5.02 Å². The fourth-order valence-electron chi connectivity index (χ4n) is 2.37. The summed E-state index contributed by atoms with van der Waals surface area (Å²) >= 11 is 6.07. The first-order valence-corrected chi connectivity index (χ1v) is 6.80. The van der Waals surface area contributed by atoms with Crippen LogP contribution in [0.25, 0.3) is 11.4 Å². The number of rotatable bonds is 3. The van der Waals surface area contributed by atoms with Gasteiger partial charge in [0, 0.05) is 25.2 Å². The van der Waals surface area contributed by atoms with E-state index in [9.17, 15) is 10.1 Å². The Kier molecular flexibility index (Phi) is 3.48. The van der Waals surface area contributed by atoms with E-state index in [0.29, 0.717) is 12.5 Å². The molecule has 3 rings (SSSR count).